The summed E-state index contributed by atoms with van der Waals surface area (Å²) in [6.45, 7) is 6.92. The lowest BCUT2D eigenvalue weighted by Gasteiger charge is -2.20. The molecule has 0 fully saturated rings. The fourth-order valence-electron chi connectivity index (χ4n) is 3.13. The van der Waals surface area contributed by atoms with E-state index in [0.717, 1.165) is 30.0 Å². The number of benzene rings is 1. The molecule has 1 amide bonds. The van der Waals surface area contributed by atoms with Gasteiger partial charge in [0.1, 0.15) is 11.5 Å². The molecule has 1 N–H and O–H groups in total. The maximum Gasteiger partial charge on any atom is 0.270 e. The zero-order valence-corrected chi connectivity index (χ0v) is 16.4. The van der Waals surface area contributed by atoms with Crippen LogP contribution in [0, 0.1) is 6.92 Å². The molecule has 0 radical (unpaired) electrons. The van der Waals surface area contributed by atoms with Crippen molar-refractivity contribution in [3.05, 3.63) is 71.6 Å². The number of nitrogens with one attached hydrogen (secondary N) is 1. The van der Waals surface area contributed by atoms with Crippen LogP contribution < -0.4 is 5.32 Å². The van der Waals surface area contributed by atoms with Crippen molar-refractivity contribution in [1.82, 2.24) is 24.6 Å². The third-order valence-corrected chi connectivity index (χ3v) is 4.81. The van der Waals surface area contributed by atoms with Crippen LogP contribution in [0.15, 0.2) is 48.8 Å². The fraction of sp³-hybridized carbons (Fsp3) is 0.381. The molecule has 27 heavy (non-hydrogen) atoms. The van der Waals surface area contributed by atoms with Crippen molar-refractivity contribution < 1.29 is 4.79 Å². The van der Waals surface area contributed by atoms with Crippen LogP contribution in [0.25, 0.3) is 0 Å². The lowest BCUT2D eigenvalue weighted by atomic mass is 10.0. The molecule has 6 nitrogen and oxygen atoms in total. The highest BCUT2D eigenvalue weighted by Crippen LogP contribution is 2.20. The summed E-state index contributed by atoms with van der Waals surface area (Å²) in [5.74, 6) is 1.15. The number of hydrogen-bond acceptors (Lipinski definition) is 3. The molecule has 0 spiro atoms. The molecule has 0 bridgehead atoms. The monoisotopic (exact) mass is 365 g/mol. The number of aryl methyl sites for hydroxylation is 3. The van der Waals surface area contributed by atoms with Gasteiger partial charge in [-0.25, -0.2) is 4.98 Å². The third kappa shape index (κ3) is 4.45. The zero-order chi connectivity index (χ0) is 19.4. The highest BCUT2D eigenvalue weighted by molar-refractivity contribution is 5.93. The highest BCUT2D eigenvalue weighted by atomic mass is 16.2. The van der Waals surface area contributed by atoms with Crippen LogP contribution in [0.5, 0.6) is 0 Å². The number of imidazole rings is 1. The number of hydrogen-bond donors (Lipinski definition) is 1. The average molecular weight is 365 g/mol. The normalized spacial score (nSPS) is 12.3. The van der Waals surface area contributed by atoms with Crippen LogP contribution in [0.1, 0.15) is 59.8 Å². The molecule has 0 aliphatic carbocycles. The van der Waals surface area contributed by atoms with Crippen LogP contribution in [0.4, 0.5) is 0 Å². The summed E-state index contributed by atoms with van der Waals surface area (Å²) in [5, 5.41) is 7.64. The van der Waals surface area contributed by atoms with E-state index in [9.17, 15) is 4.79 Å². The van der Waals surface area contributed by atoms with Crippen LogP contribution in [0.2, 0.25) is 0 Å². The lowest BCUT2D eigenvalue weighted by molar-refractivity contribution is 0.0924. The van der Waals surface area contributed by atoms with E-state index in [2.05, 4.69) is 45.9 Å². The van der Waals surface area contributed by atoms with Gasteiger partial charge in [0, 0.05) is 26.0 Å². The Morgan fingerprint density at radius 1 is 1.22 bits per heavy atom. The summed E-state index contributed by atoms with van der Waals surface area (Å²) >= 11 is 0. The van der Waals surface area contributed by atoms with Gasteiger partial charge in [-0.2, -0.15) is 5.10 Å². The Morgan fingerprint density at radius 2 is 1.96 bits per heavy atom. The van der Waals surface area contributed by atoms with Crippen LogP contribution in [0.3, 0.4) is 0 Å². The molecule has 2 aromatic heterocycles. The van der Waals surface area contributed by atoms with Gasteiger partial charge in [-0.15, -0.1) is 0 Å². The van der Waals surface area contributed by atoms with Gasteiger partial charge in [0.2, 0.25) is 0 Å². The largest absolute Gasteiger partial charge is 0.344 e. The number of carbonyl (C=O) groups is 1. The number of amides is 1. The zero-order valence-electron chi connectivity index (χ0n) is 16.4. The molecule has 0 saturated carbocycles. The van der Waals surface area contributed by atoms with E-state index in [1.54, 1.807) is 10.9 Å². The molecular weight excluding hydrogens is 338 g/mol. The summed E-state index contributed by atoms with van der Waals surface area (Å²) in [6.07, 6.45) is 4.55. The van der Waals surface area contributed by atoms with Gasteiger partial charge in [0.05, 0.1) is 11.7 Å². The average Bonchev–Trinajstić information content (AvgIpc) is 3.25. The van der Waals surface area contributed by atoms with Gasteiger partial charge < -0.3 is 9.88 Å². The molecule has 1 atom stereocenters. The van der Waals surface area contributed by atoms with Crippen LogP contribution in [-0.2, 0) is 13.6 Å². The molecular formula is C21H27N5O. The molecule has 3 aromatic rings. The Morgan fingerprint density at radius 3 is 2.56 bits per heavy atom. The van der Waals surface area contributed by atoms with Gasteiger partial charge in [0.25, 0.3) is 5.91 Å². The number of nitrogens with zero attached hydrogens (tertiary/aromatic N) is 4. The van der Waals surface area contributed by atoms with Crippen molar-refractivity contribution in [2.24, 2.45) is 7.05 Å². The molecule has 0 aliphatic heterocycles. The van der Waals surface area contributed by atoms with E-state index >= 15 is 0 Å². The second-order valence-corrected chi connectivity index (χ2v) is 7.13. The van der Waals surface area contributed by atoms with E-state index in [0.29, 0.717) is 5.69 Å². The molecule has 0 aliphatic rings. The van der Waals surface area contributed by atoms with E-state index in [1.807, 2.05) is 44.4 Å². The summed E-state index contributed by atoms with van der Waals surface area (Å²) in [5.41, 5.74) is 2.60. The van der Waals surface area contributed by atoms with Gasteiger partial charge in [-0.3, -0.25) is 9.48 Å². The Labute approximate surface area is 160 Å². The smallest absolute Gasteiger partial charge is 0.270 e. The van der Waals surface area contributed by atoms with Crippen molar-refractivity contribution in [2.75, 3.05) is 0 Å². The minimum atomic E-state index is -0.104. The summed E-state index contributed by atoms with van der Waals surface area (Å²) in [4.78, 5) is 17.2. The predicted molar refractivity (Wildman–Crippen MR) is 106 cm³/mol. The first kappa shape index (κ1) is 18.9. The van der Waals surface area contributed by atoms with Gasteiger partial charge in [0.15, 0.2) is 0 Å². The van der Waals surface area contributed by atoms with E-state index in [-0.39, 0.29) is 17.9 Å². The van der Waals surface area contributed by atoms with Gasteiger partial charge in [-0.05, 0) is 30.9 Å². The van der Waals surface area contributed by atoms with Crippen molar-refractivity contribution >= 4 is 5.91 Å². The standard InChI is InChI=1S/C21H27N5O/c1-15(2)19-14-20(25(4)24-19)21(27)23-18(17-8-6-5-7-9-17)10-12-26-13-11-22-16(26)3/h5-9,11,13-15,18H,10,12H2,1-4H3,(H,23,27)/t18-/m0/s1. The quantitative estimate of drug-likeness (QED) is 0.696. The van der Waals surface area contributed by atoms with Crippen molar-refractivity contribution in [2.45, 2.75) is 45.7 Å². The lowest BCUT2D eigenvalue weighted by Crippen LogP contribution is -2.30. The summed E-state index contributed by atoms with van der Waals surface area (Å²) in [7, 11) is 1.81. The van der Waals surface area contributed by atoms with E-state index < -0.39 is 0 Å². The first-order valence-electron chi connectivity index (χ1n) is 9.33. The Kier molecular flexibility index (Phi) is 5.74. The number of aromatic nitrogens is 4. The summed E-state index contributed by atoms with van der Waals surface area (Å²) < 4.78 is 3.76. The van der Waals surface area contributed by atoms with E-state index in [4.69, 9.17) is 0 Å². The number of carbonyl (C=O) groups excluding carboxylic acids is 1. The second kappa shape index (κ2) is 8.20. The topological polar surface area (TPSA) is 64.7 Å². The summed E-state index contributed by atoms with van der Waals surface area (Å²) in [6, 6.07) is 11.9. The van der Waals surface area contributed by atoms with Crippen molar-refractivity contribution in [3.63, 3.8) is 0 Å². The van der Waals surface area contributed by atoms with Crippen LogP contribution >= 0.6 is 0 Å². The molecule has 0 unspecified atom stereocenters. The first-order chi connectivity index (χ1) is 13.0. The third-order valence-electron chi connectivity index (χ3n) is 4.81. The predicted octanol–water partition coefficient (Wildman–Crippen LogP) is 3.61. The number of rotatable bonds is 7. The molecule has 0 saturated heterocycles. The van der Waals surface area contributed by atoms with Gasteiger partial charge >= 0.3 is 0 Å². The maximum absolute atomic E-state index is 12.9. The van der Waals surface area contributed by atoms with Crippen molar-refractivity contribution in [1.29, 1.82) is 0 Å². The molecule has 3 rings (SSSR count). The van der Waals surface area contributed by atoms with Crippen molar-refractivity contribution in [3.8, 4) is 0 Å². The van der Waals surface area contributed by atoms with E-state index in [1.165, 1.54) is 0 Å². The molecule has 6 heteroatoms. The van der Waals surface area contributed by atoms with Gasteiger partial charge in [-0.1, -0.05) is 44.2 Å². The second-order valence-electron chi connectivity index (χ2n) is 7.13. The molecule has 142 valence electrons. The maximum atomic E-state index is 12.9. The Bertz CT molecular complexity index is 894. The SMILES string of the molecule is Cc1nccn1CC[C@H](NC(=O)c1cc(C(C)C)nn1C)c1ccccc1. The minimum absolute atomic E-state index is 0.0853. The Balaban J connectivity index is 1.78. The molecule has 1 aromatic carbocycles. The van der Waals surface area contributed by atoms with Crippen LogP contribution in [-0.4, -0.2) is 25.2 Å². The minimum Gasteiger partial charge on any atom is -0.344 e. The first-order valence-corrected chi connectivity index (χ1v) is 9.33. The highest BCUT2D eigenvalue weighted by Gasteiger charge is 2.20. The Hall–Kier alpha value is -2.89. The fourth-order valence-corrected chi connectivity index (χ4v) is 3.13. The molecule has 2 heterocycles.